The summed E-state index contributed by atoms with van der Waals surface area (Å²) in [5.41, 5.74) is 11.7. The first-order valence-electron chi connectivity index (χ1n) is 6.88. The first-order chi connectivity index (χ1) is 10.6. The van der Waals surface area contributed by atoms with Gasteiger partial charge in [-0.25, -0.2) is 4.98 Å². The van der Waals surface area contributed by atoms with Crippen molar-refractivity contribution in [3.63, 3.8) is 0 Å². The zero-order valence-corrected chi connectivity index (χ0v) is 12.7. The summed E-state index contributed by atoms with van der Waals surface area (Å²) in [5, 5.41) is 9.34. The van der Waals surface area contributed by atoms with E-state index in [0.717, 1.165) is 33.7 Å². The van der Waals surface area contributed by atoms with Gasteiger partial charge < -0.3 is 14.9 Å². The highest BCUT2D eigenvalue weighted by Crippen LogP contribution is 2.39. The topological polar surface area (TPSA) is 76.3 Å². The zero-order chi connectivity index (χ0) is 15.9. The fourth-order valence-corrected chi connectivity index (χ4v) is 2.84. The lowest BCUT2D eigenvalue weighted by molar-refractivity contribution is 0.412. The third kappa shape index (κ3) is 1.89. The van der Waals surface area contributed by atoms with Crippen LogP contribution in [0.15, 0.2) is 30.7 Å². The number of anilines is 1. The van der Waals surface area contributed by atoms with E-state index in [4.69, 9.17) is 10.5 Å². The predicted molar refractivity (Wildman–Crippen MR) is 85.8 cm³/mol. The van der Waals surface area contributed by atoms with E-state index in [1.54, 1.807) is 19.5 Å². The molecule has 0 saturated carbocycles. The summed E-state index contributed by atoms with van der Waals surface area (Å²) >= 11 is 0. The van der Waals surface area contributed by atoms with Gasteiger partial charge in [0.25, 0.3) is 0 Å². The average Bonchev–Trinajstić information content (AvgIpc) is 2.97. The molecule has 5 heteroatoms. The standard InChI is InChI=1S/C17H16N4O/c1-10-4-5-13(22-3)11(2)14(10)15-16(19)12(8-18)9-21-7-6-20-17(15)21/h4-7,9H,19H2,1-3H3. The molecule has 1 aromatic carbocycles. The third-order valence-corrected chi connectivity index (χ3v) is 3.93. The smallest absolute Gasteiger partial charge is 0.146 e. The van der Waals surface area contributed by atoms with Crippen molar-refractivity contribution in [1.82, 2.24) is 9.38 Å². The zero-order valence-electron chi connectivity index (χ0n) is 12.7. The lowest BCUT2D eigenvalue weighted by Gasteiger charge is -2.17. The van der Waals surface area contributed by atoms with E-state index in [0.29, 0.717) is 11.3 Å². The maximum Gasteiger partial charge on any atom is 0.146 e. The van der Waals surface area contributed by atoms with Crippen LogP contribution in [0, 0.1) is 25.2 Å². The number of aryl methyl sites for hydroxylation is 1. The van der Waals surface area contributed by atoms with E-state index in [2.05, 4.69) is 11.1 Å². The molecule has 0 aliphatic heterocycles. The Morgan fingerprint density at radius 1 is 1.27 bits per heavy atom. The molecule has 0 saturated heterocycles. The van der Waals surface area contributed by atoms with Crippen LogP contribution in [0.1, 0.15) is 16.7 Å². The second-order valence-corrected chi connectivity index (χ2v) is 5.19. The maximum atomic E-state index is 9.34. The molecular formula is C17H16N4O. The first kappa shape index (κ1) is 14.0. The van der Waals surface area contributed by atoms with Crippen molar-refractivity contribution in [3.8, 4) is 22.9 Å². The molecule has 0 fully saturated rings. The second-order valence-electron chi connectivity index (χ2n) is 5.19. The maximum absolute atomic E-state index is 9.34. The second kappa shape index (κ2) is 5.08. The number of rotatable bonds is 2. The Morgan fingerprint density at radius 3 is 2.73 bits per heavy atom. The van der Waals surface area contributed by atoms with Gasteiger partial charge in [0.15, 0.2) is 0 Å². The molecule has 0 amide bonds. The highest BCUT2D eigenvalue weighted by molar-refractivity contribution is 5.93. The SMILES string of the molecule is COc1ccc(C)c(-c2c(N)c(C#N)cn3ccnc23)c1C. The van der Waals surface area contributed by atoms with Crippen LogP contribution in [0.5, 0.6) is 5.75 Å². The molecule has 0 spiro atoms. The molecule has 3 aromatic rings. The largest absolute Gasteiger partial charge is 0.496 e. The van der Waals surface area contributed by atoms with Gasteiger partial charge in [-0.05, 0) is 36.6 Å². The molecule has 0 atom stereocenters. The van der Waals surface area contributed by atoms with Gasteiger partial charge in [-0.3, -0.25) is 0 Å². The molecule has 0 radical (unpaired) electrons. The number of methoxy groups -OCH3 is 1. The van der Waals surface area contributed by atoms with Crippen LogP contribution in [-0.4, -0.2) is 16.5 Å². The van der Waals surface area contributed by atoms with Gasteiger partial charge in [0, 0.05) is 18.6 Å². The molecule has 110 valence electrons. The fraction of sp³-hybridized carbons (Fsp3) is 0.176. The minimum Gasteiger partial charge on any atom is -0.496 e. The number of fused-ring (bicyclic) bond motifs is 1. The van der Waals surface area contributed by atoms with Crippen molar-refractivity contribution in [1.29, 1.82) is 5.26 Å². The van der Waals surface area contributed by atoms with Crippen LogP contribution in [0.4, 0.5) is 5.69 Å². The predicted octanol–water partition coefficient (Wildman–Crippen LogP) is 3.08. The summed E-state index contributed by atoms with van der Waals surface area (Å²) in [5.74, 6) is 0.784. The molecule has 3 rings (SSSR count). The van der Waals surface area contributed by atoms with Gasteiger partial charge in [-0.2, -0.15) is 5.26 Å². The number of ether oxygens (including phenoxy) is 1. The molecule has 2 aromatic heterocycles. The molecule has 22 heavy (non-hydrogen) atoms. The molecule has 2 heterocycles. The summed E-state index contributed by atoms with van der Waals surface area (Å²) in [4.78, 5) is 4.40. The Balaban J connectivity index is 2.48. The summed E-state index contributed by atoms with van der Waals surface area (Å²) < 4.78 is 7.24. The molecular weight excluding hydrogens is 276 g/mol. The van der Waals surface area contributed by atoms with Crippen LogP contribution in [0.3, 0.4) is 0 Å². The van der Waals surface area contributed by atoms with Crippen molar-refractivity contribution in [2.24, 2.45) is 0 Å². The number of nitrogen functional groups attached to an aromatic ring is 1. The number of nitrogens with two attached hydrogens (primary N) is 1. The third-order valence-electron chi connectivity index (χ3n) is 3.93. The van der Waals surface area contributed by atoms with Gasteiger partial charge in [0.05, 0.1) is 23.9 Å². The Labute approximate surface area is 128 Å². The average molecular weight is 292 g/mol. The molecule has 0 bridgehead atoms. The first-order valence-corrected chi connectivity index (χ1v) is 6.88. The van der Waals surface area contributed by atoms with E-state index in [9.17, 15) is 5.26 Å². The number of pyridine rings is 1. The normalized spacial score (nSPS) is 10.6. The Bertz CT molecular complexity index is 919. The van der Waals surface area contributed by atoms with Gasteiger partial charge in [-0.15, -0.1) is 0 Å². The van der Waals surface area contributed by atoms with Gasteiger partial charge in [0.2, 0.25) is 0 Å². The Kier molecular flexibility index (Phi) is 3.22. The lowest BCUT2D eigenvalue weighted by Crippen LogP contribution is -2.02. The minimum absolute atomic E-state index is 0.433. The number of imidazole rings is 1. The van der Waals surface area contributed by atoms with Gasteiger partial charge in [0.1, 0.15) is 17.5 Å². The Morgan fingerprint density at radius 2 is 2.05 bits per heavy atom. The summed E-state index contributed by atoms with van der Waals surface area (Å²) in [6.07, 6.45) is 5.21. The lowest BCUT2D eigenvalue weighted by atomic mass is 9.93. The molecule has 2 N–H and O–H groups in total. The van der Waals surface area contributed by atoms with Crippen molar-refractivity contribution < 1.29 is 4.74 Å². The van der Waals surface area contributed by atoms with Crippen LogP contribution in [0.25, 0.3) is 16.8 Å². The fourth-order valence-electron chi connectivity index (χ4n) is 2.84. The van der Waals surface area contributed by atoms with Crippen LogP contribution in [0.2, 0.25) is 0 Å². The summed E-state index contributed by atoms with van der Waals surface area (Å²) in [6.45, 7) is 4.00. The molecule has 5 nitrogen and oxygen atoms in total. The number of aromatic nitrogens is 2. The number of nitriles is 1. The quantitative estimate of drug-likeness (QED) is 0.787. The van der Waals surface area contributed by atoms with Crippen LogP contribution < -0.4 is 10.5 Å². The molecule has 0 aliphatic carbocycles. The van der Waals surface area contributed by atoms with Gasteiger partial charge in [-0.1, -0.05) is 6.07 Å². The number of hydrogen-bond acceptors (Lipinski definition) is 4. The van der Waals surface area contributed by atoms with E-state index >= 15 is 0 Å². The van der Waals surface area contributed by atoms with Crippen molar-refractivity contribution >= 4 is 11.3 Å². The van der Waals surface area contributed by atoms with Crippen LogP contribution in [-0.2, 0) is 0 Å². The van der Waals surface area contributed by atoms with Crippen LogP contribution >= 0.6 is 0 Å². The van der Waals surface area contributed by atoms with Gasteiger partial charge >= 0.3 is 0 Å². The number of hydrogen-bond donors (Lipinski definition) is 1. The molecule has 0 unspecified atom stereocenters. The van der Waals surface area contributed by atoms with Crippen molar-refractivity contribution in [2.75, 3.05) is 12.8 Å². The van der Waals surface area contributed by atoms with E-state index in [1.807, 2.05) is 36.6 Å². The monoisotopic (exact) mass is 292 g/mol. The van der Waals surface area contributed by atoms with E-state index in [-0.39, 0.29) is 0 Å². The summed E-state index contributed by atoms with van der Waals surface area (Å²) in [7, 11) is 1.64. The molecule has 0 aliphatic rings. The highest BCUT2D eigenvalue weighted by atomic mass is 16.5. The Hall–Kier alpha value is -3.00. The number of nitrogens with zero attached hydrogens (tertiary/aromatic N) is 3. The van der Waals surface area contributed by atoms with Crippen molar-refractivity contribution in [3.05, 3.63) is 47.4 Å². The van der Waals surface area contributed by atoms with E-state index < -0.39 is 0 Å². The highest BCUT2D eigenvalue weighted by Gasteiger charge is 2.19. The summed E-state index contributed by atoms with van der Waals surface area (Å²) in [6, 6.07) is 6.07. The van der Waals surface area contributed by atoms with Crippen molar-refractivity contribution in [2.45, 2.75) is 13.8 Å². The number of benzene rings is 1. The minimum atomic E-state index is 0.433. The van der Waals surface area contributed by atoms with E-state index in [1.165, 1.54) is 0 Å².